The second-order valence-electron chi connectivity index (χ2n) is 4.93. The van der Waals surface area contributed by atoms with Crippen molar-refractivity contribution in [3.8, 4) is 11.5 Å². The molecule has 0 aromatic heterocycles. The lowest BCUT2D eigenvalue weighted by molar-refractivity contribution is -0.129. The molecule has 0 N–H and O–H groups in total. The van der Waals surface area contributed by atoms with E-state index < -0.39 is 5.97 Å². The third-order valence-corrected chi connectivity index (χ3v) is 3.44. The molecule has 0 radical (unpaired) electrons. The first-order valence-electron chi connectivity index (χ1n) is 7.12. The lowest BCUT2D eigenvalue weighted by Crippen LogP contribution is -2.05. The molecule has 0 spiro atoms. The van der Waals surface area contributed by atoms with Crippen LogP contribution in [-0.2, 0) is 9.53 Å². The van der Waals surface area contributed by atoms with E-state index in [-0.39, 0.29) is 17.4 Å². The monoisotopic (exact) mass is 327 g/mol. The molecule has 0 bridgehead atoms. The molecular formula is C18H14FNO4. The molecule has 1 aliphatic heterocycles. The molecule has 122 valence electrons. The molecule has 1 heterocycles. The number of rotatable bonds is 4. The van der Waals surface area contributed by atoms with Crippen LogP contribution in [-0.4, -0.2) is 26.1 Å². The smallest absolute Gasteiger partial charge is 0.363 e. The average molecular weight is 327 g/mol. The molecule has 0 saturated carbocycles. The second kappa shape index (κ2) is 6.54. The SMILES string of the molecule is COc1cccc(/C=C2\N=C(c3ccc(F)cc3)OC2=O)c1OC. The summed E-state index contributed by atoms with van der Waals surface area (Å²) < 4.78 is 28.7. The number of hydrogen-bond acceptors (Lipinski definition) is 5. The molecule has 0 amide bonds. The van der Waals surface area contributed by atoms with Crippen molar-refractivity contribution in [2.75, 3.05) is 14.2 Å². The Hall–Kier alpha value is -3.15. The standard InChI is InChI=1S/C18H14FNO4/c1-22-15-5-3-4-12(16(15)23-2)10-14-18(21)24-17(20-14)11-6-8-13(19)9-7-11/h3-10H,1-2H3/b14-10-. The zero-order chi connectivity index (χ0) is 17.1. The van der Waals surface area contributed by atoms with Crippen LogP contribution in [0, 0.1) is 5.82 Å². The maximum Gasteiger partial charge on any atom is 0.363 e. The number of ether oxygens (including phenoxy) is 3. The molecule has 1 aliphatic rings. The zero-order valence-corrected chi connectivity index (χ0v) is 13.1. The van der Waals surface area contributed by atoms with E-state index in [1.807, 2.05) is 0 Å². The lowest BCUT2D eigenvalue weighted by atomic mass is 10.1. The first-order chi connectivity index (χ1) is 11.6. The van der Waals surface area contributed by atoms with E-state index in [2.05, 4.69) is 4.99 Å². The average Bonchev–Trinajstić information content (AvgIpc) is 2.96. The van der Waals surface area contributed by atoms with Crippen LogP contribution in [0.25, 0.3) is 6.08 Å². The summed E-state index contributed by atoms with van der Waals surface area (Å²) in [5, 5.41) is 0. The maximum absolute atomic E-state index is 13.0. The summed E-state index contributed by atoms with van der Waals surface area (Å²) in [5.41, 5.74) is 1.28. The highest BCUT2D eigenvalue weighted by Crippen LogP contribution is 2.33. The van der Waals surface area contributed by atoms with Gasteiger partial charge in [-0.1, -0.05) is 12.1 Å². The topological polar surface area (TPSA) is 57.1 Å². The van der Waals surface area contributed by atoms with Crippen molar-refractivity contribution in [1.29, 1.82) is 0 Å². The molecule has 0 unspecified atom stereocenters. The van der Waals surface area contributed by atoms with Crippen molar-refractivity contribution < 1.29 is 23.4 Å². The minimum Gasteiger partial charge on any atom is -0.493 e. The first kappa shape index (κ1) is 15.7. The summed E-state index contributed by atoms with van der Waals surface area (Å²) in [6.45, 7) is 0. The van der Waals surface area contributed by atoms with E-state index in [1.54, 1.807) is 24.3 Å². The third kappa shape index (κ3) is 2.99. The Morgan fingerprint density at radius 1 is 1.08 bits per heavy atom. The number of para-hydroxylation sites is 1. The highest BCUT2D eigenvalue weighted by atomic mass is 19.1. The van der Waals surface area contributed by atoms with Gasteiger partial charge in [0.2, 0.25) is 5.90 Å². The zero-order valence-electron chi connectivity index (χ0n) is 13.1. The Balaban J connectivity index is 1.99. The number of nitrogens with zero attached hydrogens (tertiary/aromatic N) is 1. The number of esters is 1. The van der Waals surface area contributed by atoms with Crippen LogP contribution >= 0.6 is 0 Å². The van der Waals surface area contributed by atoms with Crippen molar-refractivity contribution >= 4 is 17.9 Å². The van der Waals surface area contributed by atoms with E-state index in [9.17, 15) is 9.18 Å². The van der Waals surface area contributed by atoms with E-state index in [4.69, 9.17) is 14.2 Å². The summed E-state index contributed by atoms with van der Waals surface area (Å²) >= 11 is 0. The summed E-state index contributed by atoms with van der Waals surface area (Å²) in [7, 11) is 3.05. The van der Waals surface area contributed by atoms with Gasteiger partial charge in [-0.25, -0.2) is 14.2 Å². The maximum atomic E-state index is 13.0. The van der Waals surface area contributed by atoms with Gasteiger partial charge in [0, 0.05) is 11.1 Å². The third-order valence-electron chi connectivity index (χ3n) is 3.44. The lowest BCUT2D eigenvalue weighted by Gasteiger charge is -2.09. The van der Waals surface area contributed by atoms with Gasteiger partial charge in [-0.15, -0.1) is 0 Å². The number of halogens is 1. The fourth-order valence-corrected chi connectivity index (χ4v) is 2.30. The number of methoxy groups -OCH3 is 2. The number of cyclic esters (lactones) is 1. The van der Waals surface area contributed by atoms with E-state index in [0.29, 0.717) is 22.6 Å². The van der Waals surface area contributed by atoms with Crippen LogP contribution in [0.2, 0.25) is 0 Å². The number of hydrogen-bond donors (Lipinski definition) is 0. The minimum absolute atomic E-state index is 0.126. The van der Waals surface area contributed by atoms with Crippen LogP contribution in [0.4, 0.5) is 4.39 Å². The van der Waals surface area contributed by atoms with Crippen molar-refractivity contribution in [2.24, 2.45) is 4.99 Å². The van der Waals surface area contributed by atoms with Gasteiger partial charge in [0.05, 0.1) is 14.2 Å². The van der Waals surface area contributed by atoms with Crippen molar-refractivity contribution in [2.45, 2.75) is 0 Å². The Kier molecular flexibility index (Phi) is 4.29. The van der Waals surface area contributed by atoms with Gasteiger partial charge in [-0.05, 0) is 36.4 Å². The van der Waals surface area contributed by atoms with Crippen LogP contribution in [0.5, 0.6) is 11.5 Å². The molecule has 2 aromatic rings. The number of carbonyl (C=O) groups is 1. The quantitative estimate of drug-likeness (QED) is 0.639. The van der Waals surface area contributed by atoms with Crippen LogP contribution in [0.3, 0.4) is 0 Å². The highest BCUT2D eigenvalue weighted by molar-refractivity contribution is 6.12. The van der Waals surface area contributed by atoms with Gasteiger partial charge in [0.1, 0.15) is 5.82 Å². The summed E-state index contributed by atoms with van der Waals surface area (Å²) in [6.07, 6.45) is 1.56. The van der Waals surface area contributed by atoms with E-state index >= 15 is 0 Å². The Morgan fingerprint density at radius 2 is 1.83 bits per heavy atom. The van der Waals surface area contributed by atoms with Gasteiger partial charge in [-0.3, -0.25) is 0 Å². The van der Waals surface area contributed by atoms with Crippen LogP contribution < -0.4 is 9.47 Å². The molecule has 2 aromatic carbocycles. The normalized spacial score (nSPS) is 15.2. The Bertz CT molecular complexity index is 841. The van der Waals surface area contributed by atoms with E-state index in [0.717, 1.165) is 0 Å². The number of carbonyl (C=O) groups excluding carboxylic acids is 1. The van der Waals surface area contributed by atoms with Gasteiger partial charge in [-0.2, -0.15) is 0 Å². The predicted octanol–water partition coefficient (Wildman–Crippen LogP) is 3.19. The summed E-state index contributed by atoms with van der Waals surface area (Å²) in [4.78, 5) is 16.2. The Labute approximate surface area is 138 Å². The first-order valence-corrected chi connectivity index (χ1v) is 7.12. The van der Waals surface area contributed by atoms with Crippen molar-refractivity contribution in [3.63, 3.8) is 0 Å². The molecule has 0 fully saturated rings. The molecule has 0 aliphatic carbocycles. The molecule has 3 rings (SSSR count). The summed E-state index contributed by atoms with van der Waals surface area (Å²) in [5.74, 6) is 0.208. The molecule has 6 heteroatoms. The van der Waals surface area contributed by atoms with Gasteiger partial charge < -0.3 is 14.2 Å². The molecule has 5 nitrogen and oxygen atoms in total. The van der Waals surface area contributed by atoms with Crippen LogP contribution in [0.1, 0.15) is 11.1 Å². The minimum atomic E-state index is -0.584. The largest absolute Gasteiger partial charge is 0.493 e. The van der Waals surface area contributed by atoms with Crippen LogP contribution in [0.15, 0.2) is 53.2 Å². The fourth-order valence-electron chi connectivity index (χ4n) is 2.30. The fraction of sp³-hybridized carbons (Fsp3) is 0.111. The predicted molar refractivity (Wildman–Crippen MR) is 86.6 cm³/mol. The summed E-state index contributed by atoms with van der Waals surface area (Å²) in [6, 6.07) is 10.8. The molecule has 0 saturated heterocycles. The van der Waals surface area contributed by atoms with Crippen molar-refractivity contribution in [3.05, 3.63) is 65.1 Å². The van der Waals surface area contributed by atoms with Crippen molar-refractivity contribution in [1.82, 2.24) is 0 Å². The highest BCUT2D eigenvalue weighted by Gasteiger charge is 2.24. The number of benzene rings is 2. The second-order valence-corrected chi connectivity index (χ2v) is 4.93. The number of aliphatic imine (C=N–C) groups is 1. The van der Waals surface area contributed by atoms with Gasteiger partial charge in [0.15, 0.2) is 17.2 Å². The molecule has 0 atom stereocenters. The van der Waals surface area contributed by atoms with Gasteiger partial charge >= 0.3 is 5.97 Å². The Morgan fingerprint density at radius 3 is 2.50 bits per heavy atom. The van der Waals surface area contributed by atoms with Gasteiger partial charge in [0.25, 0.3) is 0 Å². The molecular weight excluding hydrogens is 313 g/mol. The van der Waals surface area contributed by atoms with E-state index in [1.165, 1.54) is 38.5 Å². The molecule has 24 heavy (non-hydrogen) atoms.